The minimum atomic E-state index is -0.439. The number of nitrogens with zero attached hydrogens (tertiary/aromatic N) is 1. The molecule has 0 spiro atoms. The minimum Gasteiger partial charge on any atom is -0.486 e. The first-order valence-corrected chi connectivity index (χ1v) is 12.3. The molecule has 192 valence electrons. The summed E-state index contributed by atoms with van der Waals surface area (Å²) in [5, 5.41) is 3.11. The molecule has 0 saturated heterocycles. The van der Waals surface area contributed by atoms with Crippen molar-refractivity contribution in [2.45, 2.75) is 19.9 Å². The fourth-order valence-electron chi connectivity index (χ4n) is 4.60. The second-order valence-electron chi connectivity index (χ2n) is 9.01. The van der Waals surface area contributed by atoms with Gasteiger partial charge < -0.3 is 28.8 Å². The van der Waals surface area contributed by atoms with Crippen molar-refractivity contribution in [3.8, 4) is 23.0 Å². The molecule has 3 aromatic carbocycles. The Morgan fingerprint density at radius 2 is 1.58 bits per heavy atom. The van der Waals surface area contributed by atoms with E-state index in [0.29, 0.717) is 53.0 Å². The van der Waals surface area contributed by atoms with Crippen LogP contribution in [0.15, 0.2) is 65.6 Å². The van der Waals surface area contributed by atoms with E-state index >= 15 is 0 Å². The number of hydrogen-bond donors (Lipinski definition) is 1. The van der Waals surface area contributed by atoms with Gasteiger partial charge in [-0.2, -0.15) is 0 Å². The third kappa shape index (κ3) is 4.32. The average molecular weight is 513 g/mol. The summed E-state index contributed by atoms with van der Waals surface area (Å²) in [6, 6.07) is 15.5. The van der Waals surface area contributed by atoms with E-state index < -0.39 is 11.2 Å². The summed E-state index contributed by atoms with van der Waals surface area (Å²) in [5.41, 5.74) is 2.00. The van der Waals surface area contributed by atoms with E-state index in [0.717, 1.165) is 12.0 Å². The molecule has 6 rings (SSSR count). The van der Waals surface area contributed by atoms with Crippen molar-refractivity contribution in [3.05, 3.63) is 87.7 Å². The molecule has 1 N–H and O–H groups in total. The van der Waals surface area contributed by atoms with Gasteiger partial charge >= 0.3 is 0 Å². The number of aromatic nitrogens is 1. The number of rotatable bonds is 6. The Labute approximate surface area is 217 Å². The van der Waals surface area contributed by atoms with Crippen LogP contribution in [0.1, 0.15) is 28.4 Å². The molecule has 0 atom stereocenters. The van der Waals surface area contributed by atoms with Gasteiger partial charge in [0.15, 0.2) is 28.8 Å². The minimum absolute atomic E-state index is 0.0278. The maximum Gasteiger partial charge on any atom is 0.244 e. The molecule has 38 heavy (non-hydrogen) atoms. The topological polar surface area (TPSA) is 105 Å². The molecule has 1 aromatic heterocycles. The molecule has 0 fully saturated rings. The van der Waals surface area contributed by atoms with Gasteiger partial charge in [0.1, 0.15) is 19.8 Å². The number of pyridine rings is 1. The SMILES string of the molecule is CCc1ccc(C(=O)c2cn(CC(=O)Nc3ccc4c(c3)OCCO4)c3cc4c(cc3c2=O)OCO4)cc1. The molecule has 9 nitrogen and oxygen atoms in total. The number of carbonyl (C=O) groups excluding carboxylic acids is 2. The molecule has 9 heteroatoms. The Kier molecular flexibility index (Phi) is 5.95. The zero-order valence-corrected chi connectivity index (χ0v) is 20.6. The third-order valence-electron chi connectivity index (χ3n) is 6.58. The third-order valence-corrected chi connectivity index (χ3v) is 6.58. The molecule has 1 amide bonds. The van der Waals surface area contributed by atoms with E-state index in [2.05, 4.69) is 5.32 Å². The van der Waals surface area contributed by atoms with Gasteiger partial charge in [0.25, 0.3) is 0 Å². The highest BCUT2D eigenvalue weighted by Gasteiger charge is 2.23. The highest BCUT2D eigenvalue weighted by Crippen LogP contribution is 2.36. The lowest BCUT2D eigenvalue weighted by Gasteiger charge is -2.19. The van der Waals surface area contributed by atoms with Gasteiger partial charge in [-0.1, -0.05) is 31.2 Å². The average Bonchev–Trinajstić information content (AvgIpc) is 3.41. The van der Waals surface area contributed by atoms with Crippen molar-refractivity contribution in [2.24, 2.45) is 0 Å². The van der Waals surface area contributed by atoms with Crippen LogP contribution < -0.4 is 29.7 Å². The van der Waals surface area contributed by atoms with Crippen molar-refractivity contribution in [2.75, 3.05) is 25.3 Å². The molecule has 0 radical (unpaired) electrons. The number of ether oxygens (including phenoxy) is 4. The fraction of sp³-hybridized carbons (Fsp3) is 0.207. The number of amides is 1. The number of hydrogen-bond acceptors (Lipinski definition) is 7. The standard InChI is InChI=1S/C29H24N2O7/c1-2-17-3-5-18(6-4-17)28(33)21-14-31(22-13-26-25(37-16-38-26)12-20(22)29(21)34)15-27(32)30-19-7-8-23-24(11-19)36-10-9-35-23/h3-8,11-14H,2,9-10,15-16H2,1H3,(H,30,32). The second-order valence-corrected chi connectivity index (χ2v) is 9.01. The maximum absolute atomic E-state index is 13.5. The Morgan fingerprint density at radius 3 is 2.34 bits per heavy atom. The summed E-state index contributed by atoms with van der Waals surface area (Å²) in [5.74, 6) is 1.28. The van der Waals surface area contributed by atoms with Crippen LogP contribution in [0.4, 0.5) is 5.69 Å². The number of carbonyl (C=O) groups is 2. The number of aryl methyl sites for hydroxylation is 1. The van der Waals surface area contributed by atoms with E-state index in [1.165, 1.54) is 6.20 Å². The van der Waals surface area contributed by atoms with Crippen LogP contribution in [-0.4, -0.2) is 36.3 Å². The Hall–Kier alpha value is -4.79. The highest BCUT2D eigenvalue weighted by molar-refractivity contribution is 6.10. The first-order chi connectivity index (χ1) is 18.5. The number of anilines is 1. The molecular weight excluding hydrogens is 488 g/mol. The Balaban J connectivity index is 1.37. The van der Waals surface area contributed by atoms with Gasteiger partial charge in [-0.3, -0.25) is 14.4 Å². The Bertz CT molecular complexity index is 1640. The van der Waals surface area contributed by atoms with Gasteiger partial charge in [-0.15, -0.1) is 0 Å². The number of fused-ring (bicyclic) bond motifs is 3. The normalized spacial score (nSPS) is 13.4. The van der Waals surface area contributed by atoms with E-state index in [-0.39, 0.29) is 30.2 Å². The van der Waals surface area contributed by atoms with Crippen LogP contribution in [0.3, 0.4) is 0 Å². The van der Waals surface area contributed by atoms with Gasteiger partial charge in [-0.05, 0) is 30.2 Å². The lowest BCUT2D eigenvalue weighted by atomic mass is 10.0. The predicted octanol–water partition coefficient (Wildman–Crippen LogP) is 3.93. The van der Waals surface area contributed by atoms with E-state index in [1.54, 1.807) is 47.0 Å². The first kappa shape index (κ1) is 23.6. The van der Waals surface area contributed by atoms with E-state index in [1.807, 2.05) is 19.1 Å². The van der Waals surface area contributed by atoms with Gasteiger partial charge in [0, 0.05) is 29.6 Å². The number of ketones is 1. The van der Waals surface area contributed by atoms with Crippen LogP contribution in [0.25, 0.3) is 10.9 Å². The summed E-state index contributed by atoms with van der Waals surface area (Å²) < 4.78 is 23.7. The summed E-state index contributed by atoms with van der Waals surface area (Å²) >= 11 is 0. The van der Waals surface area contributed by atoms with Gasteiger partial charge in [-0.25, -0.2) is 0 Å². The molecule has 3 heterocycles. The van der Waals surface area contributed by atoms with Crippen molar-refractivity contribution in [1.82, 2.24) is 4.57 Å². The van der Waals surface area contributed by atoms with Crippen LogP contribution in [-0.2, 0) is 17.8 Å². The van der Waals surface area contributed by atoms with Crippen LogP contribution >= 0.6 is 0 Å². The summed E-state index contributed by atoms with van der Waals surface area (Å²) in [6.07, 6.45) is 2.27. The number of nitrogens with one attached hydrogen (secondary N) is 1. The van der Waals surface area contributed by atoms with Gasteiger partial charge in [0.2, 0.25) is 18.1 Å². The summed E-state index contributed by atoms with van der Waals surface area (Å²) in [7, 11) is 0. The maximum atomic E-state index is 13.5. The molecule has 0 bridgehead atoms. The monoisotopic (exact) mass is 512 g/mol. The van der Waals surface area contributed by atoms with Crippen LogP contribution in [0.5, 0.6) is 23.0 Å². The summed E-state index contributed by atoms with van der Waals surface area (Å²) in [4.78, 5) is 40.0. The molecule has 0 saturated carbocycles. The number of benzene rings is 3. The lowest BCUT2D eigenvalue weighted by Crippen LogP contribution is -2.24. The lowest BCUT2D eigenvalue weighted by molar-refractivity contribution is -0.116. The zero-order valence-electron chi connectivity index (χ0n) is 20.6. The van der Waals surface area contributed by atoms with Crippen LogP contribution in [0, 0.1) is 0 Å². The molecule has 0 unspecified atom stereocenters. The fourth-order valence-corrected chi connectivity index (χ4v) is 4.60. The smallest absolute Gasteiger partial charge is 0.244 e. The van der Waals surface area contributed by atoms with Gasteiger partial charge in [0.05, 0.1) is 16.5 Å². The highest BCUT2D eigenvalue weighted by atomic mass is 16.7. The van der Waals surface area contributed by atoms with E-state index in [4.69, 9.17) is 18.9 Å². The zero-order chi connectivity index (χ0) is 26.2. The quantitative estimate of drug-likeness (QED) is 0.390. The first-order valence-electron chi connectivity index (χ1n) is 12.3. The van der Waals surface area contributed by atoms with E-state index in [9.17, 15) is 14.4 Å². The van der Waals surface area contributed by atoms with Crippen molar-refractivity contribution in [3.63, 3.8) is 0 Å². The molecule has 2 aliphatic rings. The van der Waals surface area contributed by atoms with Crippen LogP contribution in [0.2, 0.25) is 0 Å². The predicted molar refractivity (Wildman–Crippen MR) is 140 cm³/mol. The second kappa shape index (κ2) is 9.59. The molecule has 2 aliphatic heterocycles. The largest absolute Gasteiger partial charge is 0.486 e. The van der Waals surface area contributed by atoms with Crippen molar-refractivity contribution >= 4 is 28.3 Å². The summed E-state index contributed by atoms with van der Waals surface area (Å²) in [6.45, 7) is 2.81. The molecule has 0 aliphatic carbocycles. The molecule has 4 aromatic rings. The van der Waals surface area contributed by atoms with Crippen molar-refractivity contribution in [1.29, 1.82) is 0 Å². The van der Waals surface area contributed by atoms with Crippen molar-refractivity contribution < 1.29 is 28.5 Å². The molecular formula is C29H24N2O7. The Morgan fingerprint density at radius 1 is 0.868 bits per heavy atom.